The van der Waals surface area contributed by atoms with Gasteiger partial charge in [-0.05, 0) is 24.6 Å². The lowest BCUT2D eigenvalue weighted by molar-refractivity contribution is 0.411. The average molecular weight is 291 g/mol. The molecule has 100 valence electrons. The van der Waals surface area contributed by atoms with Gasteiger partial charge >= 0.3 is 0 Å². The standard InChI is InChI=1S/C12H7ClF4N2/c1-5-2-3-6(13)4-7(5)18-10-8(14)11(16)19-12(17)9(10)15/h2-4H,1H3,(H,18,19). The van der Waals surface area contributed by atoms with Crippen LogP contribution in [0.3, 0.4) is 0 Å². The van der Waals surface area contributed by atoms with Crippen LogP contribution in [0.25, 0.3) is 0 Å². The number of hydrogen-bond donors (Lipinski definition) is 1. The van der Waals surface area contributed by atoms with E-state index in [0.29, 0.717) is 10.6 Å². The Labute approximate surface area is 111 Å². The molecular formula is C12H7ClF4N2. The van der Waals surface area contributed by atoms with Crippen molar-refractivity contribution < 1.29 is 17.6 Å². The molecule has 7 heteroatoms. The molecule has 0 fully saturated rings. The van der Waals surface area contributed by atoms with E-state index in [2.05, 4.69) is 10.3 Å². The zero-order valence-corrected chi connectivity index (χ0v) is 10.3. The second-order valence-corrected chi connectivity index (χ2v) is 4.22. The molecule has 1 aromatic heterocycles. The molecule has 0 aliphatic carbocycles. The summed E-state index contributed by atoms with van der Waals surface area (Å²) >= 11 is 5.74. The van der Waals surface area contributed by atoms with Crippen LogP contribution in [-0.2, 0) is 0 Å². The molecule has 2 aromatic rings. The van der Waals surface area contributed by atoms with Gasteiger partial charge in [0.15, 0.2) is 0 Å². The molecule has 1 heterocycles. The minimum atomic E-state index is -1.72. The lowest BCUT2D eigenvalue weighted by Crippen LogP contribution is -2.06. The van der Waals surface area contributed by atoms with E-state index in [1.54, 1.807) is 19.1 Å². The van der Waals surface area contributed by atoms with E-state index in [9.17, 15) is 17.6 Å². The minimum Gasteiger partial charge on any atom is -0.350 e. The summed E-state index contributed by atoms with van der Waals surface area (Å²) < 4.78 is 52.7. The fourth-order valence-electron chi connectivity index (χ4n) is 1.46. The third-order valence-electron chi connectivity index (χ3n) is 2.46. The predicted octanol–water partition coefficient (Wildman–Crippen LogP) is 4.34. The Morgan fingerprint density at radius 2 is 1.63 bits per heavy atom. The summed E-state index contributed by atoms with van der Waals surface area (Å²) in [7, 11) is 0. The van der Waals surface area contributed by atoms with Crippen molar-refractivity contribution in [3.05, 3.63) is 52.3 Å². The van der Waals surface area contributed by atoms with E-state index >= 15 is 0 Å². The summed E-state index contributed by atoms with van der Waals surface area (Å²) in [6.45, 7) is 1.64. The molecule has 0 spiro atoms. The van der Waals surface area contributed by atoms with Crippen LogP contribution in [0.15, 0.2) is 18.2 Å². The zero-order valence-electron chi connectivity index (χ0n) is 9.57. The number of hydrogen-bond acceptors (Lipinski definition) is 2. The number of aromatic nitrogens is 1. The van der Waals surface area contributed by atoms with Gasteiger partial charge in [-0.15, -0.1) is 0 Å². The highest BCUT2D eigenvalue weighted by Gasteiger charge is 2.21. The fraction of sp³-hybridized carbons (Fsp3) is 0.0833. The monoisotopic (exact) mass is 290 g/mol. The van der Waals surface area contributed by atoms with Crippen molar-refractivity contribution in [2.75, 3.05) is 5.32 Å². The number of nitrogens with zero attached hydrogens (tertiary/aromatic N) is 1. The summed E-state index contributed by atoms with van der Waals surface area (Å²) in [5.74, 6) is -6.64. The first-order valence-electron chi connectivity index (χ1n) is 5.13. The number of halogens is 5. The van der Waals surface area contributed by atoms with Crippen molar-refractivity contribution in [2.45, 2.75) is 6.92 Å². The molecule has 2 rings (SSSR count). The summed E-state index contributed by atoms with van der Waals surface area (Å²) in [5.41, 5.74) is -0.119. The van der Waals surface area contributed by atoms with Crippen LogP contribution in [0, 0.1) is 30.5 Å². The van der Waals surface area contributed by atoms with Gasteiger partial charge in [-0.3, -0.25) is 0 Å². The molecule has 2 nitrogen and oxygen atoms in total. The van der Waals surface area contributed by atoms with Crippen molar-refractivity contribution >= 4 is 23.0 Å². The molecule has 0 saturated carbocycles. The summed E-state index contributed by atoms with van der Waals surface area (Å²) in [4.78, 5) is 2.47. The Bertz CT molecular complexity index is 620. The molecule has 0 atom stereocenters. The molecule has 0 saturated heterocycles. The lowest BCUT2D eigenvalue weighted by Gasteiger charge is -2.12. The smallest absolute Gasteiger partial charge is 0.253 e. The van der Waals surface area contributed by atoms with Crippen molar-refractivity contribution in [3.63, 3.8) is 0 Å². The quantitative estimate of drug-likeness (QED) is 0.657. The predicted molar refractivity (Wildman–Crippen MR) is 63.5 cm³/mol. The maximum atomic E-state index is 13.4. The molecule has 1 N–H and O–H groups in total. The highest BCUT2D eigenvalue weighted by atomic mass is 35.5. The lowest BCUT2D eigenvalue weighted by atomic mass is 10.2. The van der Waals surface area contributed by atoms with Gasteiger partial charge in [-0.25, -0.2) is 0 Å². The van der Waals surface area contributed by atoms with Gasteiger partial charge < -0.3 is 5.32 Å². The van der Waals surface area contributed by atoms with Crippen LogP contribution in [0.1, 0.15) is 5.56 Å². The molecule has 0 radical (unpaired) electrons. The van der Waals surface area contributed by atoms with Crippen LogP contribution in [0.4, 0.5) is 28.9 Å². The van der Waals surface area contributed by atoms with Crippen molar-refractivity contribution in [1.82, 2.24) is 4.98 Å². The number of rotatable bonds is 2. The molecule has 0 aliphatic rings. The number of pyridine rings is 1. The Morgan fingerprint density at radius 1 is 1.05 bits per heavy atom. The largest absolute Gasteiger partial charge is 0.350 e. The summed E-state index contributed by atoms with van der Waals surface area (Å²) in [6, 6.07) is 4.54. The van der Waals surface area contributed by atoms with E-state index in [0.717, 1.165) is 0 Å². The van der Waals surface area contributed by atoms with Gasteiger partial charge in [0.2, 0.25) is 11.6 Å². The van der Waals surface area contributed by atoms with Crippen LogP contribution in [-0.4, -0.2) is 4.98 Å². The topological polar surface area (TPSA) is 24.9 Å². The van der Waals surface area contributed by atoms with E-state index in [1.165, 1.54) is 6.07 Å². The second kappa shape index (κ2) is 5.05. The minimum absolute atomic E-state index is 0.232. The van der Waals surface area contributed by atoms with Crippen LogP contribution >= 0.6 is 11.6 Å². The fourth-order valence-corrected chi connectivity index (χ4v) is 1.63. The highest BCUT2D eigenvalue weighted by Crippen LogP contribution is 2.29. The molecule has 1 aromatic carbocycles. The molecular weight excluding hydrogens is 284 g/mol. The van der Waals surface area contributed by atoms with Crippen LogP contribution in [0.5, 0.6) is 0 Å². The molecule has 0 aliphatic heterocycles. The van der Waals surface area contributed by atoms with Gasteiger partial charge in [0.1, 0.15) is 5.69 Å². The number of aryl methyl sites for hydroxylation is 1. The van der Waals surface area contributed by atoms with Gasteiger partial charge in [0.25, 0.3) is 11.9 Å². The average Bonchev–Trinajstić information content (AvgIpc) is 2.36. The first-order valence-corrected chi connectivity index (χ1v) is 5.51. The normalized spacial score (nSPS) is 10.6. The van der Waals surface area contributed by atoms with Gasteiger partial charge in [0.05, 0.1) is 0 Å². The van der Waals surface area contributed by atoms with Gasteiger partial charge in [0, 0.05) is 10.7 Å². The van der Waals surface area contributed by atoms with Crippen molar-refractivity contribution in [1.29, 1.82) is 0 Å². The molecule has 19 heavy (non-hydrogen) atoms. The molecule has 0 unspecified atom stereocenters. The molecule has 0 amide bonds. The van der Waals surface area contributed by atoms with E-state index in [-0.39, 0.29) is 5.69 Å². The zero-order chi connectivity index (χ0) is 14.2. The third-order valence-corrected chi connectivity index (χ3v) is 2.69. The Kier molecular flexibility index (Phi) is 3.61. The SMILES string of the molecule is Cc1ccc(Cl)cc1Nc1c(F)c(F)nc(F)c1F. The maximum absolute atomic E-state index is 13.4. The summed E-state index contributed by atoms with van der Waals surface area (Å²) in [5, 5.41) is 2.59. The van der Waals surface area contributed by atoms with E-state index < -0.39 is 29.2 Å². The van der Waals surface area contributed by atoms with E-state index in [4.69, 9.17) is 11.6 Å². The highest BCUT2D eigenvalue weighted by molar-refractivity contribution is 6.30. The Morgan fingerprint density at radius 3 is 2.21 bits per heavy atom. The first kappa shape index (κ1) is 13.6. The number of benzene rings is 1. The second-order valence-electron chi connectivity index (χ2n) is 3.78. The maximum Gasteiger partial charge on any atom is 0.253 e. The third kappa shape index (κ3) is 2.63. The number of nitrogens with one attached hydrogen (secondary N) is 1. The first-order chi connectivity index (χ1) is 8.90. The van der Waals surface area contributed by atoms with Crippen molar-refractivity contribution in [3.8, 4) is 0 Å². The van der Waals surface area contributed by atoms with Crippen molar-refractivity contribution in [2.24, 2.45) is 0 Å². The van der Waals surface area contributed by atoms with Crippen LogP contribution < -0.4 is 5.32 Å². The molecule has 0 bridgehead atoms. The van der Waals surface area contributed by atoms with Gasteiger partial charge in [-0.1, -0.05) is 17.7 Å². The van der Waals surface area contributed by atoms with Gasteiger partial charge in [-0.2, -0.15) is 22.5 Å². The van der Waals surface area contributed by atoms with E-state index in [1.807, 2.05) is 0 Å². The Hall–Kier alpha value is -1.82. The Balaban J connectivity index is 2.52. The number of anilines is 2. The van der Waals surface area contributed by atoms with Crippen LogP contribution in [0.2, 0.25) is 5.02 Å². The summed E-state index contributed by atoms with van der Waals surface area (Å²) in [6.07, 6.45) is 0.